The molecule has 0 radical (unpaired) electrons. The van der Waals surface area contributed by atoms with Crippen molar-refractivity contribution in [1.29, 1.82) is 0 Å². The van der Waals surface area contributed by atoms with Gasteiger partial charge in [0.1, 0.15) is 0 Å². The van der Waals surface area contributed by atoms with Crippen molar-refractivity contribution in [1.82, 2.24) is 5.32 Å². The Kier molecular flexibility index (Phi) is 4.75. The molecule has 1 atom stereocenters. The predicted molar refractivity (Wildman–Crippen MR) is 63.2 cm³/mol. The van der Waals surface area contributed by atoms with E-state index < -0.39 is 29.3 Å². The highest BCUT2D eigenvalue weighted by molar-refractivity contribution is 9.10. The van der Waals surface area contributed by atoms with Gasteiger partial charge in [-0.3, -0.25) is 4.79 Å². The molecule has 1 amide bonds. The molecule has 0 aliphatic rings. The van der Waals surface area contributed by atoms with Crippen LogP contribution >= 0.6 is 15.9 Å². The fourth-order valence-corrected chi connectivity index (χ4v) is 1.66. The molecule has 0 aromatic heterocycles. The number of alkyl halides is 3. The summed E-state index contributed by atoms with van der Waals surface area (Å²) in [4.78, 5) is 11.7. The van der Waals surface area contributed by atoms with E-state index in [1.807, 2.05) is 0 Å². The number of rotatable bonds is 3. The summed E-state index contributed by atoms with van der Waals surface area (Å²) in [5.74, 6) is -0.864. The largest absolute Gasteiger partial charge is 0.417 e. The van der Waals surface area contributed by atoms with Gasteiger partial charge in [-0.2, -0.15) is 13.2 Å². The van der Waals surface area contributed by atoms with Gasteiger partial charge in [0.25, 0.3) is 5.91 Å². The van der Waals surface area contributed by atoms with E-state index >= 15 is 0 Å². The number of hydrogen-bond donors (Lipinski definition) is 2. The van der Waals surface area contributed by atoms with Gasteiger partial charge in [0, 0.05) is 10.5 Å². The lowest BCUT2D eigenvalue weighted by atomic mass is 10.1. The maximum Gasteiger partial charge on any atom is 0.417 e. The van der Waals surface area contributed by atoms with Gasteiger partial charge in [0.2, 0.25) is 0 Å². The molecule has 0 aliphatic carbocycles. The minimum atomic E-state index is -4.61. The second-order valence-electron chi connectivity index (χ2n) is 3.74. The van der Waals surface area contributed by atoms with Gasteiger partial charge >= 0.3 is 6.18 Å². The molecule has 7 heteroatoms. The summed E-state index contributed by atoms with van der Waals surface area (Å²) in [6.45, 7) is 1.15. The van der Waals surface area contributed by atoms with Gasteiger partial charge in [-0.1, -0.05) is 15.9 Å². The summed E-state index contributed by atoms with van der Waals surface area (Å²) in [6.07, 6.45) is -4.61. The highest BCUT2D eigenvalue weighted by Gasteiger charge is 2.35. The van der Waals surface area contributed by atoms with E-state index in [2.05, 4.69) is 21.2 Å². The van der Waals surface area contributed by atoms with Crippen molar-refractivity contribution in [3.63, 3.8) is 0 Å². The van der Waals surface area contributed by atoms with Crippen LogP contribution in [0.15, 0.2) is 22.7 Å². The number of hydrogen-bond acceptors (Lipinski definition) is 2. The minimum Gasteiger partial charge on any atom is -0.394 e. The van der Waals surface area contributed by atoms with Crippen LogP contribution in [0.25, 0.3) is 0 Å². The first-order valence-corrected chi connectivity index (χ1v) is 5.83. The summed E-state index contributed by atoms with van der Waals surface area (Å²) < 4.78 is 38.5. The molecule has 0 fully saturated rings. The normalized spacial score (nSPS) is 13.2. The van der Waals surface area contributed by atoms with Crippen molar-refractivity contribution < 1.29 is 23.1 Å². The Morgan fingerprint density at radius 2 is 2.11 bits per heavy atom. The molecule has 0 unspecified atom stereocenters. The first-order valence-electron chi connectivity index (χ1n) is 5.04. The number of aliphatic hydroxyl groups excluding tert-OH is 1. The van der Waals surface area contributed by atoms with Crippen LogP contribution in [0.4, 0.5) is 13.2 Å². The topological polar surface area (TPSA) is 49.3 Å². The van der Waals surface area contributed by atoms with Crippen LogP contribution in [-0.4, -0.2) is 23.7 Å². The lowest BCUT2D eigenvalue weighted by Gasteiger charge is -2.15. The molecule has 18 heavy (non-hydrogen) atoms. The molecular weight excluding hydrogens is 315 g/mol. The van der Waals surface area contributed by atoms with Gasteiger partial charge in [-0.15, -0.1) is 0 Å². The summed E-state index contributed by atoms with van der Waals surface area (Å²) in [5.41, 5.74) is -1.48. The summed E-state index contributed by atoms with van der Waals surface area (Å²) in [7, 11) is 0. The third-order valence-corrected chi connectivity index (χ3v) is 2.68. The van der Waals surface area contributed by atoms with Crippen molar-refractivity contribution in [3.8, 4) is 0 Å². The highest BCUT2D eigenvalue weighted by atomic mass is 79.9. The molecule has 3 nitrogen and oxygen atoms in total. The van der Waals surface area contributed by atoms with E-state index in [1.54, 1.807) is 0 Å². The number of carbonyl (C=O) groups is 1. The average molecular weight is 326 g/mol. The maximum atomic E-state index is 12.8. The van der Waals surface area contributed by atoms with Crippen LogP contribution < -0.4 is 5.32 Å². The lowest BCUT2D eigenvalue weighted by molar-refractivity contribution is -0.138. The monoisotopic (exact) mass is 325 g/mol. The van der Waals surface area contributed by atoms with Gasteiger partial charge in [-0.05, 0) is 25.1 Å². The minimum absolute atomic E-state index is 0.238. The van der Waals surface area contributed by atoms with Crippen LogP contribution in [0.1, 0.15) is 22.8 Å². The Morgan fingerprint density at radius 3 is 2.61 bits per heavy atom. The highest BCUT2D eigenvalue weighted by Crippen LogP contribution is 2.33. The number of nitrogens with one attached hydrogen (secondary N) is 1. The zero-order chi connectivity index (χ0) is 13.9. The van der Waals surface area contributed by atoms with Gasteiger partial charge in [0.15, 0.2) is 0 Å². The predicted octanol–water partition coefficient (Wildman–Crippen LogP) is 2.58. The van der Waals surface area contributed by atoms with Gasteiger partial charge in [0.05, 0.1) is 17.7 Å². The zero-order valence-electron chi connectivity index (χ0n) is 9.38. The van der Waals surface area contributed by atoms with E-state index in [4.69, 9.17) is 5.11 Å². The van der Waals surface area contributed by atoms with Crippen molar-refractivity contribution in [2.75, 3.05) is 6.61 Å². The van der Waals surface area contributed by atoms with Gasteiger partial charge < -0.3 is 10.4 Å². The summed E-state index contributed by atoms with van der Waals surface area (Å²) in [6, 6.07) is 2.68. The number of amides is 1. The van der Waals surface area contributed by atoms with Crippen LogP contribution in [0.3, 0.4) is 0 Å². The van der Waals surface area contributed by atoms with Crippen LogP contribution in [0.5, 0.6) is 0 Å². The molecule has 1 aromatic carbocycles. The number of aliphatic hydroxyl groups is 1. The first kappa shape index (κ1) is 15.0. The van der Waals surface area contributed by atoms with E-state index in [0.717, 1.165) is 12.1 Å². The van der Waals surface area contributed by atoms with E-state index in [-0.39, 0.29) is 11.1 Å². The molecule has 2 N–H and O–H groups in total. The molecule has 1 rings (SSSR count). The fourth-order valence-electron chi connectivity index (χ4n) is 1.30. The summed E-state index contributed by atoms with van der Waals surface area (Å²) >= 11 is 2.93. The quantitative estimate of drug-likeness (QED) is 0.897. The smallest absolute Gasteiger partial charge is 0.394 e. The second-order valence-corrected chi connectivity index (χ2v) is 4.66. The number of halogens is 4. The Bertz CT molecular complexity index is 448. The van der Waals surface area contributed by atoms with Crippen LogP contribution in [-0.2, 0) is 6.18 Å². The molecule has 1 aromatic rings. The molecule has 0 saturated heterocycles. The van der Waals surface area contributed by atoms with Crippen molar-refractivity contribution in [2.45, 2.75) is 19.1 Å². The van der Waals surface area contributed by atoms with Crippen molar-refractivity contribution >= 4 is 21.8 Å². The Hall–Kier alpha value is -1.08. The average Bonchev–Trinajstić information content (AvgIpc) is 2.27. The van der Waals surface area contributed by atoms with E-state index in [0.29, 0.717) is 0 Å². The van der Waals surface area contributed by atoms with E-state index in [9.17, 15) is 18.0 Å². The maximum absolute atomic E-state index is 12.8. The molecule has 0 aliphatic heterocycles. The molecule has 0 heterocycles. The molecular formula is C11H11BrF3NO2. The third kappa shape index (κ3) is 3.71. The fraction of sp³-hybridized carbons (Fsp3) is 0.364. The van der Waals surface area contributed by atoms with E-state index in [1.165, 1.54) is 13.0 Å². The lowest BCUT2D eigenvalue weighted by Crippen LogP contribution is -2.36. The standard InChI is InChI=1S/C11H11BrF3NO2/c1-6(5-17)16-10(18)8-3-2-7(12)4-9(8)11(13,14)15/h2-4,6,17H,5H2,1H3,(H,16,18)/t6-/m1/s1. The zero-order valence-corrected chi connectivity index (χ0v) is 11.0. The molecule has 0 spiro atoms. The molecule has 100 valence electrons. The Balaban J connectivity index is 3.12. The SMILES string of the molecule is C[C@H](CO)NC(=O)c1ccc(Br)cc1C(F)(F)F. The van der Waals surface area contributed by atoms with Crippen molar-refractivity contribution in [3.05, 3.63) is 33.8 Å². The Morgan fingerprint density at radius 1 is 1.50 bits per heavy atom. The van der Waals surface area contributed by atoms with Crippen LogP contribution in [0.2, 0.25) is 0 Å². The first-order chi connectivity index (χ1) is 8.25. The number of benzene rings is 1. The van der Waals surface area contributed by atoms with Crippen molar-refractivity contribution in [2.24, 2.45) is 0 Å². The molecule has 0 saturated carbocycles. The van der Waals surface area contributed by atoms with Crippen LogP contribution in [0, 0.1) is 0 Å². The molecule has 0 bridgehead atoms. The number of carbonyl (C=O) groups excluding carboxylic acids is 1. The summed E-state index contributed by atoms with van der Waals surface area (Å²) in [5, 5.41) is 11.0. The Labute approximate surface area is 110 Å². The third-order valence-electron chi connectivity index (χ3n) is 2.18. The van der Waals surface area contributed by atoms with Gasteiger partial charge in [-0.25, -0.2) is 0 Å². The second kappa shape index (κ2) is 5.71.